The summed E-state index contributed by atoms with van der Waals surface area (Å²) >= 11 is 5.94. The lowest BCUT2D eigenvalue weighted by atomic mass is 10.1. The molecule has 114 valence electrons. The molecule has 0 spiro atoms. The van der Waals surface area contributed by atoms with Crippen molar-refractivity contribution in [3.63, 3.8) is 0 Å². The van der Waals surface area contributed by atoms with Crippen LogP contribution in [0.15, 0.2) is 30.5 Å². The SMILES string of the molecule is CCCCCCCCn1c(-c2ccc(Cl)cc2)cnc1N. The lowest BCUT2D eigenvalue weighted by Gasteiger charge is -2.10. The van der Waals surface area contributed by atoms with Crippen molar-refractivity contribution in [3.05, 3.63) is 35.5 Å². The van der Waals surface area contributed by atoms with Crippen LogP contribution < -0.4 is 5.73 Å². The third-order valence-corrected chi connectivity index (χ3v) is 4.01. The van der Waals surface area contributed by atoms with Crippen molar-refractivity contribution in [1.29, 1.82) is 0 Å². The molecular weight excluding hydrogens is 282 g/mol. The quantitative estimate of drug-likeness (QED) is 0.686. The van der Waals surface area contributed by atoms with Gasteiger partial charge in [0.25, 0.3) is 0 Å². The number of imidazole rings is 1. The van der Waals surface area contributed by atoms with Gasteiger partial charge in [-0.05, 0) is 24.1 Å². The van der Waals surface area contributed by atoms with Crippen molar-refractivity contribution in [2.45, 2.75) is 52.0 Å². The van der Waals surface area contributed by atoms with Crippen LogP contribution in [0.25, 0.3) is 11.3 Å². The molecule has 0 atom stereocenters. The second kappa shape index (κ2) is 8.08. The molecule has 21 heavy (non-hydrogen) atoms. The fourth-order valence-corrected chi connectivity index (χ4v) is 2.65. The smallest absolute Gasteiger partial charge is 0.200 e. The van der Waals surface area contributed by atoms with E-state index in [1.165, 1.54) is 32.1 Å². The van der Waals surface area contributed by atoms with E-state index in [1.807, 2.05) is 30.5 Å². The van der Waals surface area contributed by atoms with Gasteiger partial charge >= 0.3 is 0 Å². The molecule has 0 aliphatic rings. The lowest BCUT2D eigenvalue weighted by molar-refractivity contribution is 0.563. The first kappa shape index (κ1) is 15.9. The van der Waals surface area contributed by atoms with Crippen LogP contribution in [0.4, 0.5) is 5.95 Å². The van der Waals surface area contributed by atoms with Crippen molar-refractivity contribution in [2.75, 3.05) is 5.73 Å². The monoisotopic (exact) mass is 305 g/mol. The third-order valence-electron chi connectivity index (χ3n) is 3.76. The van der Waals surface area contributed by atoms with E-state index in [0.717, 1.165) is 29.2 Å². The number of nitrogens with two attached hydrogens (primary N) is 1. The van der Waals surface area contributed by atoms with E-state index in [-0.39, 0.29) is 0 Å². The molecule has 0 saturated heterocycles. The maximum atomic E-state index is 6.00. The van der Waals surface area contributed by atoms with Crippen LogP contribution in [0.2, 0.25) is 5.02 Å². The minimum atomic E-state index is 0.591. The lowest BCUT2D eigenvalue weighted by Crippen LogP contribution is -2.05. The summed E-state index contributed by atoms with van der Waals surface area (Å²) < 4.78 is 2.10. The average Bonchev–Trinajstić information content (AvgIpc) is 2.85. The van der Waals surface area contributed by atoms with E-state index < -0.39 is 0 Å². The first-order valence-electron chi connectivity index (χ1n) is 7.79. The van der Waals surface area contributed by atoms with Crippen LogP contribution in [0.1, 0.15) is 45.4 Å². The van der Waals surface area contributed by atoms with Gasteiger partial charge in [-0.3, -0.25) is 0 Å². The molecule has 0 amide bonds. The normalized spacial score (nSPS) is 11.0. The van der Waals surface area contributed by atoms with Gasteiger partial charge in [-0.25, -0.2) is 4.98 Å². The number of anilines is 1. The zero-order valence-electron chi connectivity index (χ0n) is 12.7. The Labute approximate surface area is 132 Å². The highest BCUT2D eigenvalue weighted by Gasteiger charge is 2.09. The zero-order chi connectivity index (χ0) is 15.1. The summed E-state index contributed by atoms with van der Waals surface area (Å²) in [5.74, 6) is 0.591. The Morgan fingerprint density at radius 2 is 1.71 bits per heavy atom. The molecule has 0 unspecified atom stereocenters. The molecule has 0 aliphatic heterocycles. The number of hydrogen-bond acceptors (Lipinski definition) is 2. The van der Waals surface area contributed by atoms with Gasteiger partial charge < -0.3 is 10.3 Å². The van der Waals surface area contributed by atoms with Crippen molar-refractivity contribution < 1.29 is 0 Å². The minimum absolute atomic E-state index is 0.591. The highest BCUT2D eigenvalue weighted by Crippen LogP contribution is 2.24. The van der Waals surface area contributed by atoms with Crippen molar-refractivity contribution in [1.82, 2.24) is 9.55 Å². The zero-order valence-corrected chi connectivity index (χ0v) is 13.4. The molecule has 1 heterocycles. The summed E-state index contributed by atoms with van der Waals surface area (Å²) in [6, 6.07) is 7.82. The predicted octanol–water partition coefficient (Wildman–Crippen LogP) is 5.15. The number of aromatic nitrogens is 2. The number of hydrogen-bond donors (Lipinski definition) is 1. The number of unbranched alkanes of at least 4 members (excludes halogenated alkanes) is 5. The largest absolute Gasteiger partial charge is 0.369 e. The van der Waals surface area contributed by atoms with Crippen LogP contribution in [0.5, 0.6) is 0 Å². The Morgan fingerprint density at radius 3 is 2.43 bits per heavy atom. The highest BCUT2D eigenvalue weighted by molar-refractivity contribution is 6.30. The van der Waals surface area contributed by atoms with E-state index in [1.54, 1.807) is 0 Å². The number of nitrogens with zero attached hydrogens (tertiary/aromatic N) is 2. The molecule has 3 nitrogen and oxygen atoms in total. The summed E-state index contributed by atoms with van der Waals surface area (Å²) in [6.45, 7) is 3.17. The molecular formula is C17H24ClN3. The van der Waals surface area contributed by atoms with Crippen LogP contribution in [0, 0.1) is 0 Å². The number of nitrogen functional groups attached to an aromatic ring is 1. The molecule has 2 rings (SSSR count). The van der Waals surface area contributed by atoms with Gasteiger partial charge in [0.15, 0.2) is 0 Å². The molecule has 4 heteroatoms. The van der Waals surface area contributed by atoms with E-state index >= 15 is 0 Å². The molecule has 0 fully saturated rings. The van der Waals surface area contributed by atoms with Gasteiger partial charge in [0.2, 0.25) is 5.95 Å². The van der Waals surface area contributed by atoms with Crippen LogP contribution in [-0.4, -0.2) is 9.55 Å². The van der Waals surface area contributed by atoms with E-state index in [2.05, 4.69) is 16.5 Å². The summed E-state index contributed by atoms with van der Waals surface area (Å²) in [6.07, 6.45) is 9.50. The molecule has 0 radical (unpaired) electrons. The Morgan fingerprint density at radius 1 is 1.05 bits per heavy atom. The first-order chi connectivity index (χ1) is 10.2. The van der Waals surface area contributed by atoms with E-state index in [9.17, 15) is 0 Å². The average molecular weight is 306 g/mol. The second-order valence-electron chi connectivity index (χ2n) is 5.43. The summed E-state index contributed by atoms with van der Waals surface area (Å²) in [5, 5.41) is 0.744. The topological polar surface area (TPSA) is 43.8 Å². The van der Waals surface area contributed by atoms with E-state index in [4.69, 9.17) is 17.3 Å². The van der Waals surface area contributed by atoms with Gasteiger partial charge in [-0.1, -0.05) is 62.8 Å². The van der Waals surface area contributed by atoms with Crippen molar-refractivity contribution >= 4 is 17.5 Å². The molecule has 0 saturated carbocycles. The second-order valence-corrected chi connectivity index (χ2v) is 5.86. The Balaban J connectivity index is 1.96. The van der Waals surface area contributed by atoms with Gasteiger partial charge in [-0.2, -0.15) is 0 Å². The predicted molar refractivity (Wildman–Crippen MR) is 90.5 cm³/mol. The number of halogens is 1. The molecule has 1 aromatic heterocycles. The fraction of sp³-hybridized carbons (Fsp3) is 0.471. The molecule has 1 aromatic carbocycles. The standard InChI is InChI=1S/C17H24ClN3/c1-2-3-4-5-6-7-12-21-16(13-20-17(21)19)14-8-10-15(18)11-9-14/h8-11,13H,2-7,12H2,1H3,(H2,19,20). The Bertz CT molecular complexity index is 546. The van der Waals surface area contributed by atoms with Crippen LogP contribution >= 0.6 is 11.6 Å². The van der Waals surface area contributed by atoms with E-state index in [0.29, 0.717) is 5.95 Å². The first-order valence-corrected chi connectivity index (χ1v) is 8.17. The highest BCUT2D eigenvalue weighted by atomic mass is 35.5. The summed E-state index contributed by atoms with van der Waals surface area (Å²) in [4.78, 5) is 4.25. The molecule has 0 bridgehead atoms. The third kappa shape index (κ3) is 4.50. The van der Waals surface area contributed by atoms with Crippen molar-refractivity contribution in [2.24, 2.45) is 0 Å². The van der Waals surface area contributed by atoms with Gasteiger partial charge in [-0.15, -0.1) is 0 Å². The number of rotatable bonds is 8. The minimum Gasteiger partial charge on any atom is -0.369 e. The van der Waals surface area contributed by atoms with Crippen LogP contribution in [0.3, 0.4) is 0 Å². The summed E-state index contributed by atoms with van der Waals surface area (Å²) in [5.41, 5.74) is 8.17. The van der Waals surface area contributed by atoms with Gasteiger partial charge in [0.1, 0.15) is 0 Å². The molecule has 0 aliphatic carbocycles. The fourth-order valence-electron chi connectivity index (χ4n) is 2.53. The molecule has 2 aromatic rings. The van der Waals surface area contributed by atoms with Gasteiger partial charge in [0.05, 0.1) is 11.9 Å². The molecule has 2 N–H and O–H groups in total. The maximum absolute atomic E-state index is 6.00. The number of benzene rings is 1. The Kier molecular flexibility index (Phi) is 6.12. The Hall–Kier alpha value is -1.48. The van der Waals surface area contributed by atoms with Crippen molar-refractivity contribution in [3.8, 4) is 11.3 Å². The van der Waals surface area contributed by atoms with Crippen LogP contribution in [-0.2, 0) is 6.54 Å². The summed E-state index contributed by atoms with van der Waals surface area (Å²) in [7, 11) is 0. The maximum Gasteiger partial charge on any atom is 0.200 e. The van der Waals surface area contributed by atoms with Gasteiger partial charge in [0, 0.05) is 11.6 Å².